The molecule has 0 bridgehead atoms. The van der Waals surface area contributed by atoms with E-state index in [2.05, 4.69) is 4.72 Å². The molecule has 174 valence electrons. The molecule has 2 aromatic rings. The Morgan fingerprint density at radius 3 is 2.41 bits per heavy atom. The highest BCUT2D eigenvalue weighted by atomic mass is 32.2. The SMILES string of the molecule is CSNC1C(Cc2cccc(-c3ccccc3)c2F)N(C)CC1(F)F.O=CC1CC(F)C1. The minimum atomic E-state index is -2.84. The van der Waals surface area contributed by atoms with E-state index in [-0.39, 0.29) is 24.7 Å². The maximum absolute atomic E-state index is 15.0. The number of benzene rings is 2. The van der Waals surface area contributed by atoms with Crippen molar-refractivity contribution in [3.8, 4) is 11.1 Å². The van der Waals surface area contributed by atoms with Crippen LogP contribution in [-0.4, -0.2) is 55.2 Å². The van der Waals surface area contributed by atoms with E-state index in [4.69, 9.17) is 0 Å². The van der Waals surface area contributed by atoms with Gasteiger partial charge in [0.15, 0.2) is 0 Å². The fourth-order valence-electron chi connectivity index (χ4n) is 4.15. The molecular formula is C24H28F4N2OS. The van der Waals surface area contributed by atoms with Crippen LogP contribution in [0.25, 0.3) is 11.1 Å². The third-order valence-electron chi connectivity index (χ3n) is 6.01. The number of hydrogen-bond acceptors (Lipinski definition) is 4. The Labute approximate surface area is 190 Å². The lowest BCUT2D eigenvalue weighted by Gasteiger charge is -2.26. The summed E-state index contributed by atoms with van der Waals surface area (Å²) >= 11 is 1.17. The first-order chi connectivity index (χ1) is 15.3. The average Bonchev–Trinajstić information content (AvgIpc) is 2.96. The topological polar surface area (TPSA) is 32.3 Å². The molecule has 2 unspecified atom stereocenters. The molecular weight excluding hydrogens is 440 g/mol. The van der Waals surface area contributed by atoms with Gasteiger partial charge in [-0.25, -0.2) is 17.6 Å². The summed E-state index contributed by atoms with van der Waals surface area (Å²) in [6.45, 7) is -0.324. The van der Waals surface area contributed by atoms with Gasteiger partial charge in [-0.2, -0.15) is 0 Å². The number of nitrogens with one attached hydrogen (secondary N) is 1. The fourth-order valence-corrected chi connectivity index (χ4v) is 4.74. The van der Waals surface area contributed by atoms with Crippen LogP contribution in [0.1, 0.15) is 18.4 Å². The molecule has 0 aromatic heterocycles. The molecule has 1 N–H and O–H groups in total. The van der Waals surface area contributed by atoms with E-state index in [0.717, 1.165) is 11.8 Å². The monoisotopic (exact) mass is 468 g/mol. The molecule has 8 heteroatoms. The zero-order chi connectivity index (χ0) is 23.3. The predicted molar refractivity (Wildman–Crippen MR) is 121 cm³/mol. The van der Waals surface area contributed by atoms with Gasteiger partial charge in [0.25, 0.3) is 5.92 Å². The summed E-state index contributed by atoms with van der Waals surface area (Å²) in [5, 5.41) is 0. The van der Waals surface area contributed by atoms with Crippen molar-refractivity contribution in [1.29, 1.82) is 0 Å². The third-order valence-corrected chi connectivity index (χ3v) is 6.50. The van der Waals surface area contributed by atoms with Crippen LogP contribution >= 0.6 is 11.9 Å². The molecule has 32 heavy (non-hydrogen) atoms. The number of halogens is 4. The summed E-state index contributed by atoms with van der Waals surface area (Å²) in [7, 11) is 1.67. The normalized spacial score (nSPS) is 26.7. The van der Waals surface area contributed by atoms with Crippen molar-refractivity contribution in [3.05, 3.63) is 59.9 Å². The van der Waals surface area contributed by atoms with Crippen molar-refractivity contribution in [3.63, 3.8) is 0 Å². The van der Waals surface area contributed by atoms with Gasteiger partial charge in [-0.15, -0.1) is 0 Å². The molecule has 2 fully saturated rings. The zero-order valence-electron chi connectivity index (χ0n) is 18.1. The molecule has 4 rings (SSSR count). The molecule has 2 aromatic carbocycles. The van der Waals surface area contributed by atoms with Gasteiger partial charge >= 0.3 is 0 Å². The Kier molecular flexibility index (Phi) is 8.36. The highest BCUT2D eigenvalue weighted by molar-refractivity contribution is 7.96. The molecule has 2 aliphatic rings. The Morgan fingerprint density at radius 1 is 1.16 bits per heavy atom. The van der Waals surface area contributed by atoms with E-state index in [1.54, 1.807) is 36.4 Å². The van der Waals surface area contributed by atoms with E-state index < -0.39 is 24.2 Å². The quantitative estimate of drug-likeness (QED) is 0.361. The first kappa shape index (κ1) is 24.7. The maximum atomic E-state index is 15.0. The number of likely N-dealkylation sites (tertiary alicyclic amines) is 1. The Balaban J connectivity index is 0.000000352. The molecule has 1 heterocycles. The molecule has 0 radical (unpaired) electrons. The van der Waals surface area contributed by atoms with Gasteiger partial charge in [0.1, 0.15) is 18.3 Å². The number of likely N-dealkylation sites (N-methyl/N-ethyl adjacent to an activating group) is 1. The minimum Gasteiger partial charge on any atom is -0.303 e. The van der Waals surface area contributed by atoms with Crippen LogP contribution in [0.15, 0.2) is 48.5 Å². The second-order valence-corrected chi connectivity index (χ2v) is 9.00. The Bertz CT molecular complexity index is 893. The van der Waals surface area contributed by atoms with Gasteiger partial charge in [-0.1, -0.05) is 60.5 Å². The lowest BCUT2D eigenvalue weighted by molar-refractivity contribution is -0.115. The van der Waals surface area contributed by atoms with Crippen molar-refractivity contribution < 1.29 is 22.4 Å². The fraction of sp³-hybridized carbons (Fsp3) is 0.458. The van der Waals surface area contributed by atoms with Crippen molar-refractivity contribution in [1.82, 2.24) is 9.62 Å². The Hall–Kier alpha value is -1.90. The molecule has 2 atom stereocenters. The highest BCUT2D eigenvalue weighted by Crippen LogP contribution is 2.35. The van der Waals surface area contributed by atoms with Crippen LogP contribution in [0.2, 0.25) is 0 Å². The molecule has 0 amide bonds. The van der Waals surface area contributed by atoms with Gasteiger partial charge in [-0.3, -0.25) is 9.62 Å². The van der Waals surface area contributed by atoms with Crippen molar-refractivity contribution in [2.75, 3.05) is 19.8 Å². The van der Waals surface area contributed by atoms with Gasteiger partial charge in [-0.05, 0) is 43.7 Å². The molecule has 1 saturated heterocycles. The van der Waals surface area contributed by atoms with Crippen molar-refractivity contribution >= 4 is 18.2 Å². The first-order valence-corrected chi connectivity index (χ1v) is 11.8. The van der Waals surface area contributed by atoms with Crippen LogP contribution in [0.5, 0.6) is 0 Å². The van der Waals surface area contributed by atoms with Crippen molar-refractivity contribution in [2.45, 2.75) is 43.4 Å². The number of rotatable bonds is 6. The van der Waals surface area contributed by atoms with E-state index in [1.165, 1.54) is 11.9 Å². The van der Waals surface area contributed by atoms with E-state index in [1.807, 2.05) is 30.3 Å². The molecule has 1 saturated carbocycles. The lowest BCUT2D eigenvalue weighted by atomic mass is 9.85. The smallest absolute Gasteiger partial charge is 0.277 e. The molecule has 3 nitrogen and oxygen atoms in total. The second-order valence-electron chi connectivity index (χ2n) is 8.36. The van der Waals surface area contributed by atoms with Gasteiger partial charge < -0.3 is 4.79 Å². The average molecular weight is 469 g/mol. The maximum Gasteiger partial charge on any atom is 0.277 e. The van der Waals surface area contributed by atoms with Gasteiger partial charge in [0.2, 0.25) is 0 Å². The minimum absolute atomic E-state index is 0.0370. The van der Waals surface area contributed by atoms with E-state index in [0.29, 0.717) is 24.0 Å². The van der Waals surface area contributed by atoms with Crippen LogP contribution in [-0.2, 0) is 11.2 Å². The largest absolute Gasteiger partial charge is 0.303 e. The zero-order valence-corrected chi connectivity index (χ0v) is 18.9. The summed E-state index contributed by atoms with van der Waals surface area (Å²) < 4.78 is 58.1. The number of alkyl halides is 3. The predicted octanol–water partition coefficient (Wildman–Crippen LogP) is 5.15. The first-order valence-electron chi connectivity index (χ1n) is 10.6. The summed E-state index contributed by atoms with van der Waals surface area (Å²) in [5.74, 6) is -3.13. The van der Waals surface area contributed by atoms with Gasteiger partial charge in [0.05, 0.1) is 12.6 Å². The number of nitrogens with zero attached hydrogens (tertiary/aromatic N) is 1. The van der Waals surface area contributed by atoms with Crippen LogP contribution < -0.4 is 4.72 Å². The van der Waals surface area contributed by atoms with E-state index >= 15 is 4.39 Å². The summed E-state index contributed by atoms with van der Waals surface area (Å²) in [6, 6.07) is 13.0. The van der Waals surface area contributed by atoms with E-state index in [9.17, 15) is 18.0 Å². The molecule has 1 aliphatic heterocycles. The number of carbonyl (C=O) groups excluding carboxylic acids is 1. The number of aldehydes is 1. The van der Waals surface area contributed by atoms with Crippen molar-refractivity contribution in [2.24, 2.45) is 5.92 Å². The van der Waals surface area contributed by atoms with Crippen LogP contribution in [0.3, 0.4) is 0 Å². The number of carbonyl (C=O) groups is 1. The Morgan fingerprint density at radius 2 is 1.84 bits per heavy atom. The highest BCUT2D eigenvalue weighted by Gasteiger charge is 2.53. The third kappa shape index (κ3) is 5.71. The molecule has 1 aliphatic carbocycles. The summed E-state index contributed by atoms with van der Waals surface area (Å²) in [5.41, 5.74) is 1.74. The van der Waals surface area contributed by atoms with Gasteiger partial charge in [0, 0.05) is 17.5 Å². The van der Waals surface area contributed by atoms with Crippen LogP contribution in [0, 0.1) is 11.7 Å². The lowest BCUT2D eigenvalue weighted by Crippen LogP contribution is -2.46. The second kappa shape index (κ2) is 10.8. The summed E-state index contributed by atoms with van der Waals surface area (Å²) in [4.78, 5) is 11.4. The van der Waals surface area contributed by atoms with Crippen LogP contribution in [0.4, 0.5) is 17.6 Å². The standard InChI is InChI=1S/C19H21F3N2S.C5H7FO/c1-24-12-19(21,22)18(23-25-2)16(24)11-14-9-6-10-15(17(14)20)13-7-4-3-5-8-13;6-5-1-4(2-5)3-7/h3-10,16,18,23H,11-12H2,1-2H3;3-5H,1-2H2. The molecule has 0 spiro atoms. The number of hydrogen-bond donors (Lipinski definition) is 1. The summed E-state index contributed by atoms with van der Waals surface area (Å²) in [6.07, 6.45) is 3.03.